The number of hydrogen-bond donors (Lipinski definition) is 1. The van der Waals surface area contributed by atoms with Crippen molar-refractivity contribution in [2.45, 2.75) is 34.1 Å². The van der Waals surface area contributed by atoms with Crippen LogP contribution in [0.2, 0.25) is 0 Å². The van der Waals surface area contributed by atoms with Crippen LogP contribution >= 0.6 is 0 Å². The molecule has 1 N–H and O–H groups in total. The fourth-order valence-electron chi connectivity index (χ4n) is 2.42. The molecule has 18 heavy (non-hydrogen) atoms. The van der Waals surface area contributed by atoms with Crippen LogP contribution in [-0.2, 0) is 0 Å². The summed E-state index contributed by atoms with van der Waals surface area (Å²) in [6.45, 7) is 11.8. The minimum atomic E-state index is 0.733. The molecule has 2 atom stereocenters. The van der Waals surface area contributed by atoms with E-state index in [2.05, 4.69) is 47.0 Å². The van der Waals surface area contributed by atoms with Gasteiger partial charge in [-0.3, -0.25) is 0 Å². The van der Waals surface area contributed by atoms with Gasteiger partial charge in [-0.1, -0.05) is 13.8 Å². The smallest absolute Gasteiger partial charge is 0.224 e. The van der Waals surface area contributed by atoms with Crippen molar-refractivity contribution in [2.24, 2.45) is 11.8 Å². The molecule has 0 radical (unpaired) electrons. The molecule has 0 bridgehead atoms. The third-order valence-corrected chi connectivity index (χ3v) is 3.83. The van der Waals surface area contributed by atoms with Crippen LogP contribution in [0.3, 0.4) is 0 Å². The van der Waals surface area contributed by atoms with Gasteiger partial charge in [0, 0.05) is 31.4 Å². The van der Waals surface area contributed by atoms with E-state index < -0.39 is 0 Å². The van der Waals surface area contributed by atoms with E-state index in [9.17, 15) is 0 Å². The van der Waals surface area contributed by atoms with Gasteiger partial charge in [0.05, 0.1) is 0 Å². The predicted octanol–water partition coefficient (Wildman–Crippen LogP) is 2.70. The van der Waals surface area contributed by atoms with Crippen molar-refractivity contribution >= 4 is 11.8 Å². The van der Waals surface area contributed by atoms with Crippen LogP contribution in [-0.4, -0.2) is 29.6 Å². The molecule has 100 valence electrons. The Morgan fingerprint density at radius 3 is 2.78 bits per heavy atom. The van der Waals surface area contributed by atoms with Gasteiger partial charge in [-0.25, -0.2) is 4.98 Å². The summed E-state index contributed by atoms with van der Waals surface area (Å²) < 4.78 is 0. The van der Waals surface area contributed by atoms with Crippen LogP contribution in [0.15, 0.2) is 6.07 Å². The lowest BCUT2D eigenvalue weighted by atomic mass is 9.89. The van der Waals surface area contributed by atoms with E-state index in [-0.39, 0.29) is 0 Å². The number of rotatable bonds is 3. The van der Waals surface area contributed by atoms with Crippen LogP contribution in [0.4, 0.5) is 11.8 Å². The summed E-state index contributed by atoms with van der Waals surface area (Å²) in [4.78, 5) is 11.4. The van der Waals surface area contributed by atoms with Crippen molar-refractivity contribution in [1.82, 2.24) is 9.97 Å². The highest BCUT2D eigenvalue weighted by molar-refractivity contribution is 5.45. The van der Waals surface area contributed by atoms with Gasteiger partial charge in [-0.05, 0) is 32.1 Å². The first-order valence-corrected chi connectivity index (χ1v) is 6.94. The van der Waals surface area contributed by atoms with E-state index in [1.165, 1.54) is 6.42 Å². The van der Waals surface area contributed by atoms with Crippen molar-refractivity contribution in [1.29, 1.82) is 0 Å². The second-order valence-electron chi connectivity index (χ2n) is 5.41. The Bertz CT molecular complexity index is 405. The Morgan fingerprint density at radius 1 is 1.33 bits per heavy atom. The molecule has 1 aromatic rings. The van der Waals surface area contributed by atoms with Crippen LogP contribution in [0, 0.1) is 18.8 Å². The summed E-state index contributed by atoms with van der Waals surface area (Å²) in [5.74, 6) is 3.37. The highest BCUT2D eigenvalue weighted by atomic mass is 15.2. The molecule has 4 heteroatoms. The number of aryl methyl sites for hydroxylation is 1. The first-order valence-electron chi connectivity index (χ1n) is 6.94. The summed E-state index contributed by atoms with van der Waals surface area (Å²) in [7, 11) is 0. The molecule has 1 aliphatic heterocycles. The summed E-state index contributed by atoms with van der Waals surface area (Å²) in [5, 5.41) is 3.20. The first kappa shape index (κ1) is 13.1. The van der Waals surface area contributed by atoms with Crippen molar-refractivity contribution in [3.8, 4) is 0 Å². The largest absolute Gasteiger partial charge is 0.356 e. The van der Waals surface area contributed by atoms with Gasteiger partial charge in [0.2, 0.25) is 5.95 Å². The quantitative estimate of drug-likeness (QED) is 0.893. The van der Waals surface area contributed by atoms with Crippen molar-refractivity contribution in [3.63, 3.8) is 0 Å². The maximum Gasteiger partial charge on any atom is 0.224 e. The minimum absolute atomic E-state index is 0.733. The molecule has 4 nitrogen and oxygen atoms in total. The third kappa shape index (κ3) is 2.92. The lowest BCUT2D eigenvalue weighted by molar-refractivity contribution is 0.323. The Balaban J connectivity index is 2.17. The number of hydrogen-bond acceptors (Lipinski definition) is 4. The molecule has 0 amide bonds. The van der Waals surface area contributed by atoms with E-state index in [4.69, 9.17) is 0 Å². The number of nitrogens with zero attached hydrogens (tertiary/aromatic N) is 3. The number of piperidine rings is 1. The fraction of sp³-hybridized carbons (Fsp3) is 0.714. The SMILES string of the molecule is CCNc1nc(C)cc(N2CCC(C)C(C)C2)n1. The van der Waals surface area contributed by atoms with Gasteiger partial charge in [0.1, 0.15) is 5.82 Å². The average Bonchev–Trinajstić information content (AvgIpc) is 2.32. The molecule has 2 heterocycles. The summed E-state index contributed by atoms with van der Waals surface area (Å²) in [5.41, 5.74) is 1.03. The lowest BCUT2D eigenvalue weighted by Crippen LogP contribution is -2.39. The molecule has 2 unspecified atom stereocenters. The number of nitrogens with one attached hydrogen (secondary N) is 1. The maximum absolute atomic E-state index is 4.61. The summed E-state index contributed by atoms with van der Waals surface area (Å²) >= 11 is 0. The fourth-order valence-corrected chi connectivity index (χ4v) is 2.42. The van der Waals surface area contributed by atoms with Gasteiger partial charge in [0.15, 0.2) is 0 Å². The van der Waals surface area contributed by atoms with Gasteiger partial charge in [-0.2, -0.15) is 4.98 Å². The van der Waals surface area contributed by atoms with Gasteiger partial charge < -0.3 is 10.2 Å². The molecule has 1 aromatic heterocycles. The standard InChI is InChI=1S/C14H24N4/c1-5-15-14-16-12(4)8-13(17-14)18-7-6-10(2)11(3)9-18/h8,10-11H,5-7,9H2,1-4H3,(H,15,16,17). The highest BCUT2D eigenvalue weighted by Gasteiger charge is 2.23. The molecule has 0 aromatic carbocycles. The first-order chi connectivity index (χ1) is 8.60. The Hall–Kier alpha value is -1.32. The van der Waals surface area contributed by atoms with Crippen molar-refractivity contribution in [2.75, 3.05) is 29.9 Å². The zero-order chi connectivity index (χ0) is 13.1. The third-order valence-electron chi connectivity index (χ3n) is 3.83. The second kappa shape index (κ2) is 5.55. The summed E-state index contributed by atoms with van der Waals surface area (Å²) in [6, 6.07) is 2.09. The number of anilines is 2. The molecule has 1 aliphatic rings. The van der Waals surface area contributed by atoms with Gasteiger partial charge >= 0.3 is 0 Å². The topological polar surface area (TPSA) is 41.1 Å². The van der Waals surface area contributed by atoms with Crippen LogP contribution in [0.25, 0.3) is 0 Å². The Labute approximate surface area is 110 Å². The zero-order valence-corrected chi connectivity index (χ0v) is 11.9. The Kier molecular flexibility index (Phi) is 4.04. The monoisotopic (exact) mass is 248 g/mol. The van der Waals surface area contributed by atoms with Crippen molar-refractivity contribution < 1.29 is 0 Å². The molecule has 0 saturated carbocycles. The zero-order valence-electron chi connectivity index (χ0n) is 11.9. The van der Waals surface area contributed by atoms with E-state index in [1.54, 1.807) is 0 Å². The van der Waals surface area contributed by atoms with E-state index >= 15 is 0 Å². The molecule has 1 fully saturated rings. The van der Waals surface area contributed by atoms with Gasteiger partial charge in [0.25, 0.3) is 0 Å². The predicted molar refractivity (Wildman–Crippen MR) is 76.1 cm³/mol. The lowest BCUT2D eigenvalue weighted by Gasteiger charge is -2.36. The Morgan fingerprint density at radius 2 is 2.11 bits per heavy atom. The summed E-state index contributed by atoms with van der Waals surface area (Å²) in [6.07, 6.45) is 1.25. The van der Waals surface area contributed by atoms with Crippen LogP contribution < -0.4 is 10.2 Å². The number of aromatic nitrogens is 2. The van der Waals surface area contributed by atoms with E-state index in [0.717, 1.165) is 48.9 Å². The highest BCUT2D eigenvalue weighted by Crippen LogP contribution is 2.26. The molecular weight excluding hydrogens is 224 g/mol. The second-order valence-corrected chi connectivity index (χ2v) is 5.41. The van der Waals surface area contributed by atoms with E-state index in [0.29, 0.717) is 0 Å². The molecular formula is C14H24N4. The molecule has 0 spiro atoms. The van der Waals surface area contributed by atoms with Crippen molar-refractivity contribution in [3.05, 3.63) is 11.8 Å². The van der Waals surface area contributed by atoms with E-state index in [1.807, 2.05) is 6.92 Å². The minimum Gasteiger partial charge on any atom is -0.356 e. The van der Waals surface area contributed by atoms with Gasteiger partial charge in [-0.15, -0.1) is 0 Å². The van der Waals surface area contributed by atoms with Crippen LogP contribution in [0.5, 0.6) is 0 Å². The molecule has 0 aliphatic carbocycles. The molecule has 1 saturated heterocycles. The molecule has 2 rings (SSSR count). The normalized spacial score (nSPS) is 24.1. The maximum atomic E-state index is 4.61. The van der Waals surface area contributed by atoms with Crippen LogP contribution in [0.1, 0.15) is 32.9 Å². The average molecular weight is 248 g/mol.